The third-order valence-electron chi connectivity index (χ3n) is 2.87. The molecule has 1 aromatic carbocycles. The van der Waals surface area contributed by atoms with Crippen LogP contribution in [0.15, 0.2) is 44.2 Å². The van der Waals surface area contributed by atoms with Gasteiger partial charge in [0, 0.05) is 12.1 Å². The first kappa shape index (κ1) is 12.3. The van der Waals surface area contributed by atoms with E-state index in [0.717, 1.165) is 0 Å². The van der Waals surface area contributed by atoms with Gasteiger partial charge in [-0.1, -0.05) is 0 Å². The van der Waals surface area contributed by atoms with Crippen LogP contribution >= 0.6 is 0 Å². The van der Waals surface area contributed by atoms with Crippen molar-refractivity contribution in [3.8, 4) is 23.1 Å². The number of methoxy groups -OCH3 is 2. The van der Waals surface area contributed by atoms with Gasteiger partial charge in [0.05, 0.1) is 31.4 Å². The Kier molecular flexibility index (Phi) is 2.90. The lowest BCUT2D eigenvalue weighted by molar-refractivity contribution is 0.355. The number of aromatic nitrogens is 1. The molecule has 0 saturated carbocycles. The smallest absolute Gasteiger partial charge is 0.347 e. The van der Waals surface area contributed by atoms with Crippen molar-refractivity contribution < 1.29 is 18.3 Å². The zero-order valence-corrected chi connectivity index (χ0v) is 10.9. The first-order valence-corrected chi connectivity index (χ1v) is 5.83. The Balaban J connectivity index is 2.28. The van der Waals surface area contributed by atoms with Gasteiger partial charge in [-0.3, -0.25) is 0 Å². The molecule has 0 fully saturated rings. The van der Waals surface area contributed by atoms with Crippen molar-refractivity contribution in [1.82, 2.24) is 4.98 Å². The summed E-state index contributed by atoms with van der Waals surface area (Å²) in [6.07, 6.45) is 1.48. The van der Waals surface area contributed by atoms with Crippen molar-refractivity contribution in [1.29, 1.82) is 0 Å². The molecule has 102 valence electrons. The maximum Gasteiger partial charge on any atom is 0.347 e. The van der Waals surface area contributed by atoms with Crippen LogP contribution in [-0.4, -0.2) is 19.2 Å². The Morgan fingerprint density at radius 1 is 1.15 bits per heavy atom. The molecular formula is C14H11NO5. The summed E-state index contributed by atoms with van der Waals surface area (Å²) in [7, 11) is 3.01. The highest BCUT2D eigenvalue weighted by Crippen LogP contribution is 2.31. The number of hydrogen-bond donors (Lipinski definition) is 0. The first-order chi connectivity index (χ1) is 9.72. The molecule has 0 aliphatic rings. The topological polar surface area (TPSA) is 74.7 Å². The molecule has 0 amide bonds. The summed E-state index contributed by atoms with van der Waals surface area (Å²) >= 11 is 0. The van der Waals surface area contributed by atoms with E-state index in [4.69, 9.17) is 18.3 Å². The van der Waals surface area contributed by atoms with Crippen molar-refractivity contribution >= 4 is 10.9 Å². The third kappa shape index (κ3) is 1.91. The molecule has 0 radical (unpaired) electrons. The number of furan rings is 1. The number of nitrogens with zero attached hydrogens (tertiary/aromatic N) is 1. The number of rotatable bonds is 3. The summed E-state index contributed by atoms with van der Waals surface area (Å²) in [6.45, 7) is 0. The maximum atomic E-state index is 12.0. The molecule has 3 rings (SSSR count). The van der Waals surface area contributed by atoms with E-state index in [1.54, 1.807) is 24.3 Å². The van der Waals surface area contributed by atoms with Gasteiger partial charge in [0.2, 0.25) is 0 Å². The van der Waals surface area contributed by atoms with Gasteiger partial charge in [0.25, 0.3) is 5.89 Å². The number of fused-ring (bicyclic) bond motifs is 1. The molecule has 6 nitrogen and oxygen atoms in total. The second-order valence-electron chi connectivity index (χ2n) is 4.01. The molecule has 20 heavy (non-hydrogen) atoms. The quantitative estimate of drug-likeness (QED) is 0.729. The first-order valence-electron chi connectivity index (χ1n) is 5.83. The van der Waals surface area contributed by atoms with Gasteiger partial charge >= 0.3 is 5.63 Å². The zero-order chi connectivity index (χ0) is 14.1. The van der Waals surface area contributed by atoms with Crippen LogP contribution in [0, 0.1) is 0 Å². The maximum absolute atomic E-state index is 12.0. The fraction of sp³-hybridized carbons (Fsp3) is 0.143. The third-order valence-corrected chi connectivity index (χ3v) is 2.87. The molecule has 0 unspecified atom stereocenters. The molecule has 0 saturated heterocycles. The van der Waals surface area contributed by atoms with E-state index in [9.17, 15) is 4.79 Å². The minimum atomic E-state index is -0.512. The zero-order valence-electron chi connectivity index (χ0n) is 10.9. The van der Waals surface area contributed by atoms with E-state index in [0.29, 0.717) is 28.2 Å². The van der Waals surface area contributed by atoms with Gasteiger partial charge < -0.3 is 18.3 Å². The number of benzene rings is 1. The molecule has 0 atom stereocenters. The van der Waals surface area contributed by atoms with Gasteiger partial charge in [0.1, 0.15) is 0 Å². The minimum absolute atomic E-state index is 0.125. The molecule has 2 heterocycles. The lowest BCUT2D eigenvalue weighted by Gasteiger charge is -2.08. The van der Waals surface area contributed by atoms with Crippen molar-refractivity contribution in [2.75, 3.05) is 14.2 Å². The monoisotopic (exact) mass is 273 g/mol. The molecule has 0 aliphatic heterocycles. The molecule has 0 aliphatic carbocycles. The largest absolute Gasteiger partial charge is 0.493 e. The summed E-state index contributed by atoms with van der Waals surface area (Å²) in [5.74, 6) is 1.45. The standard InChI is InChI=1S/C14H11NO5/c1-17-11-6-8-9(7-12(11)18-2)15-13(20-14(8)16)10-4-3-5-19-10/h3-7H,1-2H3. The van der Waals surface area contributed by atoms with E-state index in [-0.39, 0.29) is 5.89 Å². The fourth-order valence-electron chi connectivity index (χ4n) is 1.90. The van der Waals surface area contributed by atoms with Gasteiger partial charge in [-0.2, -0.15) is 0 Å². The molecule has 0 N–H and O–H groups in total. The molecule has 2 aromatic heterocycles. The summed E-state index contributed by atoms with van der Waals surface area (Å²) < 4.78 is 20.7. The van der Waals surface area contributed by atoms with Crippen molar-refractivity contribution in [3.63, 3.8) is 0 Å². The summed E-state index contributed by atoms with van der Waals surface area (Å²) in [6, 6.07) is 6.52. The Labute approximate surface area is 113 Å². The normalized spacial score (nSPS) is 10.7. The molecule has 0 bridgehead atoms. The number of hydrogen-bond acceptors (Lipinski definition) is 6. The van der Waals surface area contributed by atoms with E-state index >= 15 is 0 Å². The SMILES string of the molecule is COc1cc2nc(-c3ccco3)oc(=O)c2cc1OC. The predicted molar refractivity (Wildman–Crippen MR) is 71.1 cm³/mol. The van der Waals surface area contributed by atoms with Gasteiger partial charge in [-0.15, -0.1) is 0 Å². The molecule has 3 aromatic rings. The second kappa shape index (κ2) is 4.73. The fourth-order valence-corrected chi connectivity index (χ4v) is 1.90. The van der Waals surface area contributed by atoms with Crippen molar-refractivity contribution in [2.45, 2.75) is 0 Å². The van der Waals surface area contributed by atoms with Crippen LogP contribution in [-0.2, 0) is 0 Å². The van der Waals surface area contributed by atoms with Crippen LogP contribution in [0.4, 0.5) is 0 Å². The van der Waals surface area contributed by atoms with Gasteiger partial charge in [-0.25, -0.2) is 9.78 Å². The number of ether oxygens (including phenoxy) is 2. The highest BCUT2D eigenvalue weighted by molar-refractivity contribution is 5.82. The Morgan fingerprint density at radius 3 is 2.55 bits per heavy atom. The van der Waals surface area contributed by atoms with E-state index in [1.165, 1.54) is 20.5 Å². The Bertz CT molecular complexity index is 804. The lowest BCUT2D eigenvalue weighted by atomic mass is 10.2. The summed E-state index contributed by atoms with van der Waals surface area (Å²) in [5.41, 5.74) is -0.0624. The molecule has 0 spiro atoms. The lowest BCUT2D eigenvalue weighted by Crippen LogP contribution is -2.04. The summed E-state index contributed by atoms with van der Waals surface area (Å²) in [4.78, 5) is 16.3. The van der Waals surface area contributed by atoms with Crippen LogP contribution in [0.2, 0.25) is 0 Å². The van der Waals surface area contributed by atoms with E-state index in [1.807, 2.05) is 0 Å². The highest BCUT2D eigenvalue weighted by Gasteiger charge is 2.14. The van der Waals surface area contributed by atoms with Crippen LogP contribution < -0.4 is 15.1 Å². The average molecular weight is 273 g/mol. The minimum Gasteiger partial charge on any atom is -0.493 e. The van der Waals surface area contributed by atoms with Crippen LogP contribution in [0.1, 0.15) is 0 Å². The van der Waals surface area contributed by atoms with Crippen LogP contribution in [0.25, 0.3) is 22.6 Å². The Morgan fingerprint density at radius 2 is 1.90 bits per heavy atom. The van der Waals surface area contributed by atoms with E-state index in [2.05, 4.69) is 4.98 Å². The van der Waals surface area contributed by atoms with Crippen LogP contribution in [0.5, 0.6) is 11.5 Å². The second-order valence-corrected chi connectivity index (χ2v) is 4.01. The van der Waals surface area contributed by atoms with Crippen molar-refractivity contribution in [3.05, 3.63) is 40.9 Å². The molecule has 6 heteroatoms. The van der Waals surface area contributed by atoms with Gasteiger partial charge in [0.15, 0.2) is 17.3 Å². The average Bonchev–Trinajstić information content (AvgIpc) is 3.00. The molecular weight excluding hydrogens is 262 g/mol. The van der Waals surface area contributed by atoms with E-state index < -0.39 is 5.63 Å². The summed E-state index contributed by atoms with van der Waals surface area (Å²) in [5, 5.41) is 0.318. The predicted octanol–water partition coefficient (Wildman–Crippen LogP) is 2.47. The van der Waals surface area contributed by atoms with Crippen molar-refractivity contribution in [2.24, 2.45) is 0 Å². The van der Waals surface area contributed by atoms with Gasteiger partial charge in [-0.05, 0) is 12.1 Å². The highest BCUT2D eigenvalue weighted by atomic mass is 16.5. The Hall–Kier alpha value is -2.76. The van der Waals surface area contributed by atoms with Crippen LogP contribution in [0.3, 0.4) is 0 Å².